The maximum atomic E-state index is 12.0. The normalized spacial score (nSPS) is 11.0. The predicted octanol–water partition coefficient (Wildman–Crippen LogP) is 1.70. The summed E-state index contributed by atoms with van der Waals surface area (Å²) in [7, 11) is -3.42. The van der Waals surface area contributed by atoms with Crippen molar-refractivity contribution in [3.63, 3.8) is 0 Å². The van der Waals surface area contributed by atoms with E-state index in [-0.39, 0.29) is 10.7 Å². The van der Waals surface area contributed by atoms with Crippen molar-refractivity contribution in [1.29, 1.82) is 0 Å². The fourth-order valence-electron chi connectivity index (χ4n) is 1.72. The quantitative estimate of drug-likeness (QED) is 0.791. The van der Waals surface area contributed by atoms with Gasteiger partial charge in [0.1, 0.15) is 4.99 Å². The number of nitrogens with zero attached hydrogens (tertiary/aromatic N) is 1. The topological polar surface area (TPSA) is 85.1 Å². The molecule has 1 heterocycles. The Morgan fingerprint density at radius 2 is 1.90 bits per heavy atom. The van der Waals surface area contributed by atoms with Crippen molar-refractivity contribution in [2.24, 2.45) is 5.73 Å². The lowest BCUT2D eigenvalue weighted by Gasteiger charge is -2.08. The minimum atomic E-state index is -3.42. The monoisotopic (exact) mass is 321 g/mol. The lowest BCUT2D eigenvalue weighted by atomic mass is 10.2. The number of aryl methyl sites for hydroxylation is 1. The predicted molar refractivity (Wildman–Crippen MR) is 87.7 cm³/mol. The van der Waals surface area contributed by atoms with Crippen LogP contribution >= 0.6 is 12.2 Å². The molecular formula is C14H15N3O2S2. The number of sulfonamides is 1. The van der Waals surface area contributed by atoms with Gasteiger partial charge in [-0.25, -0.2) is 8.42 Å². The number of nitrogens with two attached hydrogens (primary N) is 1. The Hall–Kier alpha value is -1.99. The number of aromatic nitrogens is 1. The van der Waals surface area contributed by atoms with E-state index in [0.29, 0.717) is 17.7 Å². The third-order valence-corrected chi connectivity index (χ3v) is 4.32. The average Bonchev–Trinajstić information content (AvgIpc) is 2.46. The van der Waals surface area contributed by atoms with Crippen LogP contribution in [0.4, 0.5) is 5.69 Å². The van der Waals surface area contributed by atoms with E-state index < -0.39 is 10.0 Å². The molecule has 0 saturated heterocycles. The van der Waals surface area contributed by atoms with Gasteiger partial charge >= 0.3 is 0 Å². The van der Waals surface area contributed by atoms with Crippen molar-refractivity contribution in [1.82, 2.24) is 4.98 Å². The Balaban J connectivity index is 1.99. The Morgan fingerprint density at radius 3 is 2.48 bits per heavy atom. The molecule has 0 spiro atoms. The molecule has 1 aromatic carbocycles. The maximum absolute atomic E-state index is 12.0. The van der Waals surface area contributed by atoms with Gasteiger partial charge < -0.3 is 5.73 Å². The van der Waals surface area contributed by atoms with Crippen molar-refractivity contribution < 1.29 is 8.42 Å². The maximum Gasteiger partial charge on any atom is 0.233 e. The van der Waals surface area contributed by atoms with E-state index in [0.717, 1.165) is 5.69 Å². The number of pyridine rings is 1. The molecule has 0 saturated carbocycles. The van der Waals surface area contributed by atoms with Crippen LogP contribution in [0, 0.1) is 0 Å². The minimum absolute atomic E-state index is 0.0267. The molecule has 0 aliphatic rings. The molecule has 0 atom stereocenters. The van der Waals surface area contributed by atoms with Gasteiger partial charge in [0.15, 0.2) is 0 Å². The van der Waals surface area contributed by atoms with Crippen molar-refractivity contribution in [3.05, 3.63) is 59.9 Å². The highest BCUT2D eigenvalue weighted by atomic mass is 32.2. The third kappa shape index (κ3) is 4.80. The summed E-state index contributed by atoms with van der Waals surface area (Å²) in [6.45, 7) is 0. The minimum Gasteiger partial charge on any atom is -0.389 e. The van der Waals surface area contributed by atoms with Crippen molar-refractivity contribution in [2.45, 2.75) is 6.42 Å². The highest BCUT2D eigenvalue weighted by Gasteiger charge is 2.11. The van der Waals surface area contributed by atoms with Crippen LogP contribution in [0.2, 0.25) is 0 Å². The van der Waals surface area contributed by atoms with Crippen LogP contribution in [0.5, 0.6) is 0 Å². The number of thiocarbonyl (C=S) groups is 1. The van der Waals surface area contributed by atoms with E-state index in [1.54, 1.807) is 42.6 Å². The number of nitrogens with one attached hydrogen (secondary N) is 1. The van der Waals surface area contributed by atoms with Gasteiger partial charge in [0.05, 0.1) is 5.75 Å². The number of anilines is 1. The van der Waals surface area contributed by atoms with Crippen LogP contribution in [0.3, 0.4) is 0 Å². The number of hydrogen-bond donors (Lipinski definition) is 2. The standard InChI is InChI=1S/C14H15N3O2S2/c15-14(20)11-4-6-13(7-5-11)17-21(18,19)10-8-12-3-1-2-9-16-12/h1-7,9,17H,8,10H2,(H2,15,20). The Bertz CT molecular complexity index is 714. The fourth-order valence-corrected chi connectivity index (χ4v) is 2.93. The van der Waals surface area contributed by atoms with E-state index in [2.05, 4.69) is 9.71 Å². The molecule has 2 aromatic rings. The zero-order chi connectivity index (χ0) is 15.3. The summed E-state index contributed by atoms with van der Waals surface area (Å²) in [5.41, 5.74) is 7.41. The molecule has 0 radical (unpaired) electrons. The zero-order valence-electron chi connectivity index (χ0n) is 11.2. The second-order valence-electron chi connectivity index (χ2n) is 4.43. The molecular weight excluding hydrogens is 306 g/mol. The van der Waals surface area contributed by atoms with Gasteiger partial charge in [-0.05, 0) is 36.4 Å². The van der Waals surface area contributed by atoms with E-state index in [9.17, 15) is 8.42 Å². The second kappa shape index (κ2) is 6.64. The first-order chi connectivity index (χ1) is 9.96. The highest BCUT2D eigenvalue weighted by Crippen LogP contribution is 2.12. The summed E-state index contributed by atoms with van der Waals surface area (Å²) in [5.74, 6) is -0.0267. The number of hydrogen-bond acceptors (Lipinski definition) is 4. The molecule has 7 heteroatoms. The SMILES string of the molecule is NC(=S)c1ccc(NS(=O)(=O)CCc2ccccn2)cc1. The van der Waals surface area contributed by atoms with Crippen LogP contribution in [-0.2, 0) is 16.4 Å². The molecule has 1 aromatic heterocycles. The molecule has 5 nitrogen and oxygen atoms in total. The lowest BCUT2D eigenvalue weighted by molar-refractivity contribution is 0.600. The van der Waals surface area contributed by atoms with E-state index in [4.69, 9.17) is 18.0 Å². The molecule has 0 aliphatic heterocycles. The van der Waals surface area contributed by atoms with Crippen molar-refractivity contribution in [2.75, 3.05) is 10.5 Å². The largest absolute Gasteiger partial charge is 0.389 e. The smallest absolute Gasteiger partial charge is 0.233 e. The van der Waals surface area contributed by atoms with E-state index in [1.165, 1.54) is 0 Å². The average molecular weight is 321 g/mol. The van der Waals surface area contributed by atoms with Crippen LogP contribution in [0.15, 0.2) is 48.7 Å². The molecule has 0 amide bonds. The number of benzene rings is 1. The van der Waals surface area contributed by atoms with Gasteiger partial charge in [0, 0.05) is 29.6 Å². The summed E-state index contributed by atoms with van der Waals surface area (Å²) in [4.78, 5) is 4.38. The Kier molecular flexibility index (Phi) is 4.87. The summed E-state index contributed by atoms with van der Waals surface area (Å²) in [5, 5.41) is 0. The van der Waals surface area contributed by atoms with E-state index >= 15 is 0 Å². The summed E-state index contributed by atoms with van der Waals surface area (Å²) >= 11 is 4.84. The summed E-state index contributed by atoms with van der Waals surface area (Å²) < 4.78 is 26.5. The van der Waals surface area contributed by atoms with Gasteiger partial charge in [-0.3, -0.25) is 9.71 Å². The molecule has 21 heavy (non-hydrogen) atoms. The van der Waals surface area contributed by atoms with E-state index in [1.807, 2.05) is 6.07 Å². The highest BCUT2D eigenvalue weighted by molar-refractivity contribution is 7.92. The van der Waals surface area contributed by atoms with Crippen molar-refractivity contribution >= 4 is 32.9 Å². The molecule has 3 N–H and O–H groups in total. The fraction of sp³-hybridized carbons (Fsp3) is 0.143. The molecule has 0 bridgehead atoms. The van der Waals surface area contributed by atoms with Gasteiger partial charge in [-0.15, -0.1) is 0 Å². The van der Waals surface area contributed by atoms with Gasteiger partial charge in [-0.2, -0.15) is 0 Å². The van der Waals surface area contributed by atoms with Crippen LogP contribution in [0.25, 0.3) is 0 Å². The van der Waals surface area contributed by atoms with Gasteiger partial charge in [0.2, 0.25) is 10.0 Å². The first kappa shape index (κ1) is 15.4. The summed E-state index contributed by atoms with van der Waals surface area (Å²) in [6.07, 6.45) is 2.00. The lowest BCUT2D eigenvalue weighted by Crippen LogP contribution is -2.18. The first-order valence-electron chi connectivity index (χ1n) is 6.26. The van der Waals surface area contributed by atoms with Gasteiger partial charge in [0.25, 0.3) is 0 Å². The molecule has 110 valence electrons. The molecule has 0 unspecified atom stereocenters. The van der Waals surface area contributed by atoms with Crippen LogP contribution in [0.1, 0.15) is 11.3 Å². The molecule has 0 aliphatic carbocycles. The number of rotatable bonds is 6. The molecule has 0 fully saturated rings. The van der Waals surface area contributed by atoms with Crippen LogP contribution in [-0.4, -0.2) is 24.1 Å². The zero-order valence-corrected chi connectivity index (χ0v) is 12.8. The molecule has 2 rings (SSSR count). The van der Waals surface area contributed by atoms with Crippen molar-refractivity contribution in [3.8, 4) is 0 Å². The summed E-state index contributed by atoms with van der Waals surface area (Å²) in [6, 6.07) is 12.0. The Morgan fingerprint density at radius 1 is 1.19 bits per heavy atom. The second-order valence-corrected chi connectivity index (χ2v) is 6.72. The Labute approximate surface area is 129 Å². The third-order valence-electron chi connectivity index (χ3n) is 2.80. The van der Waals surface area contributed by atoms with Crippen LogP contribution < -0.4 is 10.5 Å². The van der Waals surface area contributed by atoms with Gasteiger partial charge in [-0.1, -0.05) is 18.3 Å². The first-order valence-corrected chi connectivity index (χ1v) is 8.32.